The Morgan fingerprint density at radius 1 is 0.919 bits per heavy atom. The third kappa shape index (κ3) is 2.39. The van der Waals surface area contributed by atoms with Crippen LogP contribution in [0.4, 0.5) is 8.78 Å². The summed E-state index contributed by atoms with van der Waals surface area (Å²) in [5, 5.41) is 12.7. The third-order valence-electron chi connectivity index (χ3n) is 9.12. The summed E-state index contributed by atoms with van der Waals surface area (Å²) in [5.41, 5.74) is -3.26. The van der Waals surface area contributed by atoms with E-state index >= 15 is 4.39 Å². The van der Waals surface area contributed by atoms with Crippen molar-refractivity contribution in [3.8, 4) is 0 Å². The number of piperidine rings is 1. The molecule has 2 bridgehead atoms. The van der Waals surface area contributed by atoms with E-state index in [2.05, 4.69) is 0 Å². The zero-order valence-corrected chi connectivity index (χ0v) is 20.1. The van der Waals surface area contributed by atoms with Gasteiger partial charge in [0.1, 0.15) is 17.2 Å². The molecule has 7 heteroatoms. The Kier molecular flexibility index (Phi) is 4.46. The number of carbonyl (C=O) groups is 2. The van der Waals surface area contributed by atoms with E-state index in [1.54, 1.807) is 77.5 Å². The molecule has 1 aliphatic carbocycles. The summed E-state index contributed by atoms with van der Waals surface area (Å²) >= 11 is 0. The molecule has 0 aromatic heterocycles. The van der Waals surface area contributed by atoms with E-state index in [4.69, 9.17) is 0 Å². The van der Waals surface area contributed by atoms with Crippen LogP contribution in [0, 0.1) is 17.0 Å². The first-order chi connectivity index (χ1) is 17.8. The van der Waals surface area contributed by atoms with Crippen molar-refractivity contribution in [2.24, 2.45) is 5.41 Å². The highest BCUT2D eigenvalue weighted by Gasteiger charge is 2.87. The number of hydrogen-bond acceptors (Lipinski definition) is 5. The number of benzene rings is 3. The van der Waals surface area contributed by atoms with Crippen molar-refractivity contribution in [1.29, 1.82) is 0 Å². The van der Waals surface area contributed by atoms with Crippen molar-refractivity contribution < 1.29 is 23.5 Å². The standard InChI is InChI=1S/C30H24F2N2O3/c1-33-16-23(20-9-4-7-13-25(20)32)28-17-34(15-19(26(28)35)14-18-8-2-6-12-24(18)31)30(37)22-11-5-3-10-21(22)27(36)29(28,30)33/h2-14,23,37H,15-17H2,1H3/b19-14+/t23-,28+,29-,30-/m1/s1. The molecule has 3 heterocycles. The van der Waals surface area contributed by atoms with Crippen molar-refractivity contribution >= 4 is 17.6 Å². The molecule has 0 amide bonds. The number of likely N-dealkylation sites (tertiary alicyclic amines) is 1. The maximum absolute atomic E-state index is 15.3. The highest BCUT2D eigenvalue weighted by atomic mass is 19.1. The predicted octanol–water partition coefficient (Wildman–Crippen LogP) is 3.74. The maximum atomic E-state index is 15.3. The number of Topliss-reactive ketones (excluding diaryl/α,β-unsaturated/α-hetero) is 2. The summed E-state index contributed by atoms with van der Waals surface area (Å²) in [6.07, 6.45) is 1.51. The van der Waals surface area contributed by atoms with Crippen molar-refractivity contribution in [2.45, 2.75) is 17.2 Å². The van der Waals surface area contributed by atoms with E-state index in [1.165, 1.54) is 18.2 Å². The third-order valence-corrected chi connectivity index (χ3v) is 9.12. The maximum Gasteiger partial charge on any atom is 0.189 e. The van der Waals surface area contributed by atoms with Crippen molar-refractivity contribution in [1.82, 2.24) is 9.80 Å². The topological polar surface area (TPSA) is 60.9 Å². The van der Waals surface area contributed by atoms with Gasteiger partial charge in [-0.1, -0.05) is 60.7 Å². The van der Waals surface area contributed by atoms with Gasteiger partial charge in [-0.15, -0.1) is 0 Å². The molecule has 7 rings (SSSR count). The molecular weight excluding hydrogens is 474 g/mol. The minimum atomic E-state index is -1.81. The van der Waals surface area contributed by atoms with Gasteiger partial charge in [-0.25, -0.2) is 8.78 Å². The van der Waals surface area contributed by atoms with Crippen LogP contribution in [0.3, 0.4) is 0 Å². The van der Waals surface area contributed by atoms with Crippen LogP contribution < -0.4 is 0 Å². The van der Waals surface area contributed by atoms with Crippen LogP contribution in [0.25, 0.3) is 6.08 Å². The Morgan fingerprint density at radius 3 is 2.35 bits per heavy atom. The second kappa shape index (κ2) is 7.28. The highest BCUT2D eigenvalue weighted by molar-refractivity contribution is 6.18. The molecule has 3 aromatic rings. The van der Waals surface area contributed by atoms with Crippen LogP contribution in [-0.2, 0) is 10.5 Å². The van der Waals surface area contributed by atoms with Crippen molar-refractivity contribution in [3.05, 3.63) is 112 Å². The van der Waals surface area contributed by atoms with Crippen LogP contribution in [0.15, 0.2) is 78.4 Å². The fourth-order valence-corrected chi connectivity index (χ4v) is 7.83. The molecule has 37 heavy (non-hydrogen) atoms. The van der Waals surface area contributed by atoms with Gasteiger partial charge in [-0.2, -0.15) is 0 Å². The van der Waals surface area contributed by atoms with Gasteiger partial charge in [0.25, 0.3) is 0 Å². The second-order valence-electron chi connectivity index (χ2n) is 10.6. The van der Waals surface area contributed by atoms with E-state index in [-0.39, 0.29) is 36.8 Å². The van der Waals surface area contributed by atoms with Crippen molar-refractivity contribution in [2.75, 3.05) is 26.7 Å². The summed E-state index contributed by atoms with van der Waals surface area (Å²) in [5.74, 6) is -2.32. The predicted molar refractivity (Wildman–Crippen MR) is 133 cm³/mol. The first-order valence-corrected chi connectivity index (χ1v) is 12.4. The molecule has 3 fully saturated rings. The molecule has 3 aromatic carbocycles. The summed E-state index contributed by atoms with van der Waals surface area (Å²) in [7, 11) is 1.73. The average Bonchev–Trinajstić information content (AvgIpc) is 3.36. The molecule has 4 aliphatic rings. The first kappa shape index (κ1) is 22.7. The Bertz CT molecular complexity index is 1550. The summed E-state index contributed by atoms with van der Waals surface area (Å²) in [4.78, 5) is 32.6. The Labute approximate surface area is 212 Å². The number of fused-ring (bicyclic) bond motifs is 4. The molecule has 186 valence electrons. The van der Waals surface area contributed by atoms with E-state index in [0.29, 0.717) is 22.3 Å². The zero-order valence-electron chi connectivity index (χ0n) is 20.1. The molecule has 1 N–H and O–H groups in total. The molecule has 3 saturated heterocycles. The fraction of sp³-hybridized carbons (Fsp3) is 0.267. The largest absolute Gasteiger partial charge is 0.369 e. The SMILES string of the molecule is CN1C[C@H](c2ccccc2F)[C@@]23CN(C/C(=C\c4ccccc4F)C2=O)[C@@]2(O)c4ccccc4C(=O)[C@@]132. The van der Waals surface area contributed by atoms with E-state index in [0.717, 1.165) is 0 Å². The second-order valence-corrected chi connectivity index (χ2v) is 10.6. The highest BCUT2D eigenvalue weighted by Crippen LogP contribution is 2.71. The monoisotopic (exact) mass is 498 g/mol. The number of nitrogens with zero attached hydrogens (tertiary/aromatic N) is 2. The summed E-state index contributed by atoms with van der Waals surface area (Å²) in [6.45, 7) is 0.322. The van der Waals surface area contributed by atoms with Crippen LogP contribution in [0.1, 0.15) is 33.0 Å². The molecule has 3 aliphatic heterocycles. The van der Waals surface area contributed by atoms with Gasteiger partial charge in [-0.05, 0) is 30.8 Å². The van der Waals surface area contributed by atoms with Crippen LogP contribution in [0.5, 0.6) is 0 Å². The lowest BCUT2D eigenvalue weighted by Crippen LogP contribution is -2.66. The Balaban J connectivity index is 1.54. The molecule has 0 radical (unpaired) electrons. The van der Waals surface area contributed by atoms with Gasteiger partial charge in [0.2, 0.25) is 0 Å². The van der Waals surface area contributed by atoms with Gasteiger partial charge >= 0.3 is 0 Å². The van der Waals surface area contributed by atoms with Crippen molar-refractivity contribution in [3.63, 3.8) is 0 Å². The minimum Gasteiger partial charge on any atom is -0.369 e. The quantitative estimate of drug-likeness (QED) is 0.546. The first-order valence-electron chi connectivity index (χ1n) is 12.4. The van der Waals surface area contributed by atoms with Gasteiger partial charge in [0.05, 0.1) is 5.41 Å². The lowest BCUT2D eigenvalue weighted by atomic mass is 9.58. The normalized spacial score (nSPS) is 35.1. The fourth-order valence-electron chi connectivity index (χ4n) is 7.83. The number of ketones is 2. The Hall–Kier alpha value is -3.52. The van der Waals surface area contributed by atoms with Crippen LogP contribution in [0.2, 0.25) is 0 Å². The molecule has 5 nitrogen and oxygen atoms in total. The lowest BCUT2D eigenvalue weighted by molar-refractivity contribution is -0.145. The summed E-state index contributed by atoms with van der Waals surface area (Å²) < 4.78 is 30.0. The van der Waals surface area contributed by atoms with Crippen LogP contribution >= 0.6 is 0 Å². The van der Waals surface area contributed by atoms with E-state index < -0.39 is 34.2 Å². The lowest BCUT2D eigenvalue weighted by Gasteiger charge is -2.44. The molecule has 0 saturated carbocycles. The number of aliphatic hydroxyl groups is 1. The molecular formula is C30H24F2N2O3. The smallest absolute Gasteiger partial charge is 0.189 e. The van der Waals surface area contributed by atoms with Crippen LogP contribution in [-0.4, -0.2) is 58.7 Å². The molecule has 1 unspecified atom stereocenters. The van der Waals surface area contributed by atoms with Gasteiger partial charge < -0.3 is 5.11 Å². The zero-order chi connectivity index (χ0) is 25.7. The minimum absolute atomic E-state index is 0.0343. The van der Waals surface area contributed by atoms with E-state index in [9.17, 15) is 19.1 Å². The number of rotatable bonds is 2. The van der Waals surface area contributed by atoms with E-state index in [1.807, 2.05) is 0 Å². The molecule has 5 atom stereocenters. The number of likely N-dealkylation sites (N-methyl/N-ethyl adjacent to an activating group) is 1. The summed E-state index contributed by atoms with van der Waals surface area (Å²) in [6, 6.07) is 19.4. The average molecular weight is 499 g/mol. The number of hydrogen-bond donors (Lipinski definition) is 1. The van der Waals surface area contributed by atoms with Gasteiger partial charge in [0, 0.05) is 47.8 Å². The van der Waals surface area contributed by atoms with Gasteiger partial charge in [0.15, 0.2) is 17.3 Å². The molecule has 2 spiro atoms. The number of carbonyl (C=O) groups excluding carboxylic acids is 2. The number of halogens is 2. The van der Waals surface area contributed by atoms with Gasteiger partial charge in [-0.3, -0.25) is 19.4 Å². The Morgan fingerprint density at radius 2 is 1.59 bits per heavy atom.